The Morgan fingerprint density at radius 3 is 2.68 bits per heavy atom. The molecule has 0 fully saturated rings. The Kier molecular flexibility index (Phi) is 7.22. The number of carbonyl (C=O) groups is 1. The van der Waals surface area contributed by atoms with Gasteiger partial charge in [0.1, 0.15) is 0 Å². The van der Waals surface area contributed by atoms with Crippen molar-refractivity contribution in [2.45, 2.75) is 19.8 Å². The van der Waals surface area contributed by atoms with Gasteiger partial charge in [-0.3, -0.25) is 9.69 Å². The van der Waals surface area contributed by atoms with Crippen LogP contribution >= 0.6 is 22.6 Å². The molecule has 3 nitrogen and oxygen atoms in total. The van der Waals surface area contributed by atoms with Gasteiger partial charge >= 0.3 is 0 Å². The second kappa shape index (κ2) is 8.42. The van der Waals surface area contributed by atoms with Gasteiger partial charge < -0.3 is 5.32 Å². The summed E-state index contributed by atoms with van der Waals surface area (Å²) in [5, 5.41) is 2.74. The molecule has 1 aromatic rings. The molecule has 1 N–H and O–H groups in total. The lowest BCUT2D eigenvalue weighted by atomic mass is 10.3. The maximum atomic E-state index is 12.4. The minimum absolute atomic E-state index is 0.0108. The van der Waals surface area contributed by atoms with Crippen molar-refractivity contribution in [1.82, 2.24) is 4.90 Å². The molecule has 0 aliphatic heterocycles. The summed E-state index contributed by atoms with van der Waals surface area (Å²) in [5.41, 5.74) is 0.710. The summed E-state index contributed by atoms with van der Waals surface area (Å²) >= 11 is 2.12. The molecule has 0 aliphatic carbocycles. The predicted molar refractivity (Wildman–Crippen MR) is 80.5 cm³/mol. The van der Waals surface area contributed by atoms with Gasteiger partial charge in [0.2, 0.25) is 5.91 Å². The fourth-order valence-electron chi connectivity index (χ4n) is 1.70. The molecule has 0 unspecified atom stereocenters. The van der Waals surface area contributed by atoms with Gasteiger partial charge in [-0.1, -0.05) is 19.1 Å². The van der Waals surface area contributed by atoms with E-state index in [0.29, 0.717) is 12.2 Å². The second-order valence-electron chi connectivity index (χ2n) is 4.15. The van der Waals surface area contributed by atoms with Crippen LogP contribution in [0.25, 0.3) is 0 Å². The zero-order chi connectivity index (χ0) is 14.3. The number of nitrogens with zero attached hydrogens (tertiary/aromatic N) is 1. The third kappa shape index (κ3) is 6.29. The molecule has 0 aliphatic rings. The topological polar surface area (TPSA) is 32.3 Å². The lowest BCUT2D eigenvalue weighted by molar-refractivity contribution is -0.117. The standard InChI is InChI=1S/C13H17F2IN2O/c1-2-7-18(8-12(14)15)9-13(19)17-11-6-4-3-5-10(11)16/h3-6,12H,2,7-9H2,1H3,(H,17,19). The van der Waals surface area contributed by atoms with E-state index in [4.69, 9.17) is 0 Å². The number of amides is 1. The first-order chi connectivity index (χ1) is 9.02. The first-order valence-electron chi connectivity index (χ1n) is 6.07. The zero-order valence-corrected chi connectivity index (χ0v) is 12.9. The van der Waals surface area contributed by atoms with Crippen molar-refractivity contribution in [1.29, 1.82) is 0 Å². The van der Waals surface area contributed by atoms with Crippen LogP contribution in [0.4, 0.5) is 14.5 Å². The number of rotatable bonds is 7. The molecular formula is C13H17F2IN2O. The molecule has 0 heterocycles. The first kappa shape index (κ1) is 16.3. The number of hydrogen-bond acceptors (Lipinski definition) is 2. The fraction of sp³-hybridized carbons (Fsp3) is 0.462. The summed E-state index contributed by atoms with van der Waals surface area (Å²) in [5.74, 6) is -0.266. The molecule has 0 saturated carbocycles. The van der Waals surface area contributed by atoms with Gasteiger partial charge in [0.25, 0.3) is 6.43 Å². The predicted octanol–water partition coefficient (Wildman–Crippen LogP) is 3.21. The van der Waals surface area contributed by atoms with Crippen LogP contribution in [0.2, 0.25) is 0 Å². The van der Waals surface area contributed by atoms with Crippen LogP contribution in [0.15, 0.2) is 24.3 Å². The number of anilines is 1. The highest BCUT2D eigenvalue weighted by Gasteiger charge is 2.15. The van der Waals surface area contributed by atoms with Gasteiger partial charge in [-0.25, -0.2) is 8.78 Å². The van der Waals surface area contributed by atoms with Crippen molar-refractivity contribution >= 4 is 34.2 Å². The van der Waals surface area contributed by atoms with Crippen molar-refractivity contribution in [2.24, 2.45) is 0 Å². The molecule has 1 amide bonds. The van der Waals surface area contributed by atoms with E-state index in [2.05, 4.69) is 27.9 Å². The number of nitrogens with one attached hydrogen (secondary N) is 1. The minimum Gasteiger partial charge on any atom is -0.324 e. The summed E-state index contributed by atoms with van der Waals surface area (Å²) in [7, 11) is 0. The largest absolute Gasteiger partial charge is 0.324 e. The highest BCUT2D eigenvalue weighted by molar-refractivity contribution is 14.1. The van der Waals surface area contributed by atoms with Crippen molar-refractivity contribution in [3.63, 3.8) is 0 Å². The highest BCUT2D eigenvalue weighted by Crippen LogP contribution is 2.16. The van der Waals surface area contributed by atoms with E-state index >= 15 is 0 Å². The number of halogens is 3. The maximum Gasteiger partial charge on any atom is 0.251 e. The Balaban J connectivity index is 2.55. The number of alkyl halides is 2. The molecule has 0 spiro atoms. The van der Waals surface area contributed by atoms with E-state index in [1.54, 1.807) is 6.07 Å². The van der Waals surface area contributed by atoms with Gasteiger partial charge in [0, 0.05) is 3.57 Å². The van der Waals surface area contributed by atoms with Crippen LogP contribution in [0.5, 0.6) is 0 Å². The van der Waals surface area contributed by atoms with E-state index in [1.807, 2.05) is 25.1 Å². The van der Waals surface area contributed by atoms with Crippen LogP contribution in [0.3, 0.4) is 0 Å². The summed E-state index contributed by atoms with van der Waals surface area (Å²) in [6, 6.07) is 7.36. The van der Waals surface area contributed by atoms with Crippen LogP contribution < -0.4 is 5.32 Å². The van der Waals surface area contributed by atoms with Crippen molar-refractivity contribution in [3.8, 4) is 0 Å². The van der Waals surface area contributed by atoms with Gasteiger partial charge in [0.15, 0.2) is 0 Å². The average Bonchev–Trinajstić information content (AvgIpc) is 2.31. The van der Waals surface area contributed by atoms with Crippen molar-refractivity contribution < 1.29 is 13.6 Å². The molecule has 19 heavy (non-hydrogen) atoms. The number of hydrogen-bond donors (Lipinski definition) is 1. The molecule has 106 valence electrons. The number of benzene rings is 1. The third-order valence-electron chi connectivity index (χ3n) is 2.45. The summed E-state index contributed by atoms with van der Waals surface area (Å²) in [6.07, 6.45) is -1.68. The lowest BCUT2D eigenvalue weighted by Gasteiger charge is -2.20. The van der Waals surface area contributed by atoms with E-state index in [0.717, 1.165) is 9.99 Å². The van der Waals surface area contributed by atoms with Crippen LogP contribution in [-0.4, -0.2) is 36.9 Å². The third-order valence-corrected chi connectivity index (χ3v) is 3.39. The Bertz CT molecular complexity index is 415. The van der Waals surface area contributed by atoms with E-state index in [1.165, 1.54) is 4.90 Å². The van der Waals surface area contributed by atoms with E-state index in [9.17, 15) is 13.6 Å². The Morgan fingerprint density at radius 1 is 1.42 bits per heavy atom. The molecule has 1 rings (SSSR count). The Morgan fingerprint density at radius 2 is 2.11 bits per heavy atom. The fourth-order valence-corrected chi connectivity index (χ4v) is 2.22. The zero-order valence-electron chi connectivity index (χ0n) is 10.7. The van der Waals surface area contributed by atoms with Gasteiger partial charge in [0.05, 0.1) is 18.8 Å². The Hall–Kier alpha value is -0.760. The second-order valence-corrected chi connectivity index (χ2v) is 5.32. The van der Waals surface area contributed by atoms with Crippen molar-refractivity contribution in [3.05, 3.63) is 27.8 Å². The van der Waals surface area contributed by atoms with Crippen LogP contribution in [0, 0.1) is 3.57 Å². The smallest absolute Gasteiger partial charge is 0.251 e. The summed E-state index contributed by atoms with van der Waals surface area (Å²) in [6.45, 7) is 2.01. The van der Waals surface area contributed by atoms with E-state index < -0.39 is 6.43 Å². The average molecular weight is 382 g/mol. The number of para-hydroxylation sites is 1. The van der Waals surface area contributed by atoms with Gasteiger partial charge in [-0.15, -0.1) is 0 Å². The molecule has 0 saturated heterocycles. The lowest BCUT2D eigenvalue weighted by Crippen LogP contribution is -2.37. The van der Waals surface area contributed by atoms with Gasteiger partial charge in [-0.05, 0) is 47.7 Å². The minimum atomic E-state index is -2.42. The van der Waals surface area contributed by atoms with Crippen molar-refractivity contribution in [2.75, 3.05) is 25.0 Å². The molecule has 0 atom stereocenters. The van der Waals surface area contributed by atoms with Gasteiger partial charge in [-0.2, -0.15) is 0 Å². The maximum absolute atomic E-state index is 12.4. The molecule has 1 aromatic carbocycles. The SMILES string of the molecule is CCCN(CC(=O)Nc1ccccc1I)CC(F)F. The molecule has 0 bridgehead atoms. The molecule has 0 radical (unpaired) electrons. The quantitative estimate of drug-likeness (QED) is 0.735. The monoisotopic (exact) mass is 382 g/mol. The molecule has 0 aromatic heterocycles. The van der Waals surface area contributed by atoms with Crippen LogP contribution in [0.1, 0.15) is 13.3 Å². The summed E-state index contributed by atoms with van der Waals surface area (Å²) in [4.78, 5) is 13.3. The number of carbonyl (C=O) groups excluding carboxylic acids is 1. The first-order valence-corrected chi connectivity index (χ1v) is 7.15. The van der Waals surface area contributed by atoms with Crippen LogP contribution in [-0.2, 0) is 4.79 Å². The Labute approximate surface area is 125 Å². The normalized spacial score (nSPS) is 11.1. The highest BCUT2D eigenvalue weighted by atomic mass is 127. The molecular weight excluding hydrogens is 365 g/mol. The summed E-state index contributed by atoms with van der Waals surface area (Å²) < 4.78 is 25.7. The van der Waals surface area contributed by atoms with E-state index in [-0.39, 0.29) is 19.0 Å². The molecule has 6 heteroatoms.